The van der Waals surface area contributed by atoms with Crippen LogP contribution in [0.2, 0.25) is 0 Å². The molecular formula is C17H37N3. The molecule has 1 N–H and O–H groups in total. The monoisotopic (exact) mass is 283 g/mol. The van der Waals surface area contributed by atoms with E-state index in [1.807, 2.05) is 0 Å². The van der Waals surface area contributed by atoms with Gasteiger partial charge in [-0.25, -0.2) is 0 Å². The first kappa shape index (κ1) is 17.9. The van der Waals surface area contributed by atoms with Gasteiger partial charge in [0, 0.05) is 31.7 Å². The van der Waals surface area contributed by atoms with Crippen molar-refractivity contribution in [1.29, 1.82) is 0 Å². The predicted octanol–water partition coefficient (Wildman–Crippen LogP) is 2.82. The number of nitrogens with zero attached hydrogens (tertiary/aromatic N) is 2. The number of rotatable bonds is 9. The zero-order chi connectivity index (χ0) is 15.0. The van der Waals surface area contributed by atoms with Gasteiger partial charge in [0.05, 0.1) is 0 Å². The van der Waals surface area contributed by atoms with Crippen molar-refractivity contribution in [2.75, 3.05) is 39.8 Å². The van der Waals surface area contributed by atoms with E-state index < -0.39 is 0 Å². The van der Waals surface area contributed by atoms with Crippen LogP contribution in [0.3, 0.4) is 0 Å². The van der Waals surface area contributed by atoms with Crippen molar-refractivity contribution >= 4 is 0 Å². The summed E-state index contributed by atoms with van der Waals surface area (Å²) in [7, 11) is 2.24. The third kappa shape index (κ3) is 6.11. The SMILES string of the molecule is CCCN1CCCC(C(C)NCCN(C)C(C)CC)C1. The third-order valence-electron chi connectivity index (χ3n) is 5.06. The second-order valence-electron chi connectivity index (χ2n) is 6.68. The summed E-state index contributed by atoms with van der Waals surface area (Å²) in [6.07, 6.45) is 5.30. The molecule has 1 fully saturated rings. The topological polar surface area (TPSA) is 18.5 Å². The lowest BCUT2D eigenvalue weighted by Gasteiger charge is -2.36. The summed E-state index contributed by atoms with van der Waals surface area (Å²) < 4.78 is 0. The summed E-state index contributed by atoms with van der Waals surface area (Å²) >= 11 is 0. The fourth-order valence-corrected chi connectivity index (χ4v) is 3.19. The molecule has 0 spiro atoms. The van der Waals surface area contributed by atoms with E-state index in [0.717, 1.165) is 19.0 Å². The van der Waals surface area contributed by atoms with Crippen molar-refractivity contribution in [1.82, 2.24) is 15.1 Å². The molecular weight excluding hydrogens is 246 g/mol. The second kappa shape index (κ2) is 9.75. The molecule has 1 aliphatic rings. The van der Waals surface area contributed by atoms with Crippen LogP contribution in [-0.2, 0) is 0 Å². The molecule has 1 aliphatic heterocycles. The van der Waals surface area contributed by atoms with E-state index in [4.69, 9.17) is 0 Å². The Balaban J connectivity index is 2.23. The van der Waals surface area contributed by atoms with E-state index in [-0.39, 0.29) is 0 Å². The molecule has 3 heteroatoms. The molecule has 0 aromatic rings. The lowest BCUT2D eigenvalue weighted by molar-refractivity contribution is 0.148. The normalized spacial score (nSPS) is 24.0. The highest BCUT2D eigenvalue weighted by molar-refractivity contribution is 4.80. The van der Waals surface area contributed by atoms with Crippen LogP contribution in [0, 0.1) is 5.92 Å². The van der Waals surface area contributed by atoms with Gasteiger partial charge in [-0.05, 0) is 65.6 Å². The highest BCUT2D eigenvalue weighted by Gasteiger charge is 2.23. The zero-order valence-electron chi connectivity index (χ0n) is 14.5. The van der Waals surface area contributed by atoms with Crippen LogP contribution in [0.5, 0.6) is 0 Å². The molecule has 1 heterocycles. The number of piperidine rings is 1. The first-order valence-electron chi connectivity index (χ1n) is 8.74. The molecule has 3 atom stereocenters. The first-order valence-corrected chi connectivity index (χ1v) is 8.74. The zero-order valence-corrected chi connectivity index (χ0v) is 14.5. The van der Waals surface area contributed by atoms with Gasteiger partial charge in [0.1, 0.15) is 0 Å². The van der Waals surface area contributed by atoms with Gasteiger partial charge in [0.2, 0.25) is 0 Å². The molecule has 0 aromatic carbocycles. The smallest absolute Gasteiger partial charge is 0.0107 e. The van der Waals surface area contributed by atoms with E-state index in [1.54, 1.807) is 0 Å². The molecule has 3 unspecified atom stereocenters. The van der Waals surface area contributed by atoms with Gasteiger partial charge in [-0.15, -0.1) is 0 Å². The lowest BCUT2D eigenvalue weighted by Crippen LogP contribution is -2.46. The Hall–Kier alpha value is -0.120. The van der Waals surface area contributed by atoms with Crippen LogP contribution in [0.4, 0.5) is 0 Å². The number of hydrogen-bond acceptors (Lipinski definition) is 3. The Morgan fingerprint density at radius 2 is 2.05 bits per heavy atom. The average molecular weight is 284 g/mol. The van der Waals surface area contributed by atoms with Crippen LogP contribution in [0.1, 0.15) is 53.4 Å². The summed E-state index contributed by atoms with van der Waals surface area (Å²) in [6, 6.07) is 1.35. The Labute approximate surface area is 127 Å². The maximum atomic E-state index is 3.76. The molecule has 0 radical (unpaired) electrons. The Bertz CT molecular complexity index is 242. The maximum Gasteiger partial charge on any atom is 0.0107 e. The summed E-state index contributed by atoms with van der Waals surface area (Å²) in [4.78, 5) is 5.11. The minimum absolute atomic E-state index is 0.653. The molecule has 0 bridgehead atoms. The molecule has 1 saturated heterocycles. The van der Waals surface area contributed by atoms with Gasteiger partial charge in [-0.1, -0.05) is 13.8 Å². The molecule has 0 aliphatic carbocycles. The van der Waals surface area contributed by atoms with Crippen molar-refractivity contribution in [3.63, 3.8) is 0 Å². The van der Waals surface area contributed by atoms with Crippen molar-refractivity contribution in [3.05, 3.63) is 0 Å². The van der Waals surface area contributed by atoms with Gasteiger partial charge in [-0.3, -0.25) is 0 Å². The summed E-state index contributed by atoms with van der Waals surface area (Å²) in [6.45, 7) is 15.4. The van der Waals surface area contributed by atoms with Crippen molar-refractivity contribution in [3.8, 4) is 0 Å². The predicted molar refractivity (Wildman–Crippen MR) is 89.3 cm³/mol. The van der Waals surface area contributed by atoms with Crippen LogP contribution in [-0.4, -0.2) is 61.7 Å². The van der Waals surface area contributed by atoms with E-state index in [1.165, 1.54) is 45.3 Å². The van der Waals surface area contributed by atoms with Crippen LogP contribution in [0.25, 0.3) is 0 Å². The number of likely N-dealkylation sites (N-methyl/N-ethyl adjacent to an activating group) is 1. The van der Waals surface area contributed by atoms with E-state index in [2.05, 4.69) is 49.9 Å². The molecule has 0 aromatic heterocycles. The number of hydrogen-bond donors (Lipinski definition) is 1. The van der Waals surface area contributed by atoms with Crippen molar-refractivity contribution < 1.29 is 0 Å². The van der Waals surface area contributed by atoms with E-state index in [0.29, 0.717) is 12.1 Å². The fourth-order valence-electron chi connectivity index (χ4n) is 3.19. The van der Waals surface area contributed by atoms with Crippen molar-refractivity contribution in [2.45, 2.75) is 65.5 Å². The summed E-state index contributed by atoms with van der Waals surface area (Å²) in [5.41, 5.74) is 0. The fraction of sp³-hybridized carbons (Fsp3) is 1.00. The summed E-state index contributed by atoms with van der Waals surface area (Å²) in [5.74, 6) is 0.837. The molecule has 20 heavy (non-hydrogen) atoms. The molecule has 1 rings (SSSR count). The third-order valence-corrected chi connectivity index (χ3v) is 5.06. The van der Waals surface area contributed by atoms with Gasteiger partial charge in [0.15, 0.2) is 0 Å². The average Bonchev–Trinajstić information content (AvgIpc) is 2.46. The highest BCUT2D eigenvalue weighted by atomic mass is 15.2. The standard InChI is InChI=1S/C17H37N3/c1-6-11-20-12-8-9-17(14-20)16(4)18-10-13-19(5)15(3)7-2/h15-18H,6-14H2,1-5H3. The minimum Gasteiger partial charge on any atom is -0.313 e. The Kier molecular flexibility index (Phi) is 8.74. The quantitative estimate of drug-likeness (QED) is 0.702. The Morgan fingerprint density at radius 1 is 1.30 bits per heavy atom. The number of nitrogens with one attached hydrogen (secondary N) is 1. The molecule has 3 nitrogen and oxygen atoms in total. The van der Waals surface area contributed by atoms with Crippen LogP contribution < -0.4 is 5.32 Å². The summed E-state index contributed by atoms with van der Waals surface area (Å²) in [5, 5.41) is 3.76. The first-order chi connectivity index (χ1) is 9.58. The highest BCUT2D eigenvalue weighted by Crippen LogP contribution is 2.19. The Morgan fingerprint density at radius 3 is 2.70 bits per heavy atom. The van der Waals surface area contributed by atoms with E-state index >= 15 is 0 Å². The van der Waals surface area contributed by atoms with Gasteiger partial charge in [0.25, 0.3) is 0 Å². The minimum atomic E-state index is 0.653. The number of likely N-dealkylation sites (tertiary alicyclic amines) is 1. The van der Waals surface area contributed by atoms with Crippen molar-refractivity contribution in [2.24, 2.45) is 5.92 Å². The maximum absolute atomic E-state index is 3.76. The lowest BCUT2D eigenvalue weighted by atomic mass is 9.91. The van der Waals surface area contributed by atoms with Crippen LogP contribution in [0.15, 0.2) is 0 Å². The van der Waals surface area contributed by atoms with Gasteiger partial charge >= 0.3 is 0 Å². The van der Waals surface area contributed by atoms with Gasteiger partial charge < -0.3 is 15.1 Å². The second-order valence-corrected chi connectivity index (χ2v) is 6.68. The van der Waals surface area contributed by atoms with Gasteiger partial charge in [-0.2, -0.15) is 0 Å². The van der Waals surface area contributed by atoms with Crippen LogP contribution >= 0.6 is 0 Å². The van der Waals surface area contributed by atoms with E-state index in [9.17, 15) is 0 Å². The molecule has 0 saturated carbocycles. The molecule has 0 amide bonds. The largest absolute Gasteiger partial charge is 0.313 e. The molecule has 120 valence electrons.